The molecule has 0 fully saturated rings. The van der Waals surface area contributed by atoms with Gasteiger partial charge in [-0.05, 0) is 40.9 Å². The van der Waals surface area contributed by atoms with Gasteiger partial charge in [-0.1, -0.05) is 12.1 Å². The molecule has 0 spiro atoms. The first-order chi connectivity index (χ1) is 8.25. The summed E-state index contributed by atoms with van der Waals surface area (Å²) in [6, 6.07) is 5.32. The van der Waals surface area contributed by atoms with E-state index in [1.165, 1.54) is 0 Å². The lowest BCUT2D eigenvalue weighted by atomic mass is 10.0. The normalized spacial score (nSPS) is 11.7. The van der Waals surface area contributed by atoms with Gasteiger partial charge in [0.05, 0.1) is 4.92 Å². The van der Waals surface area contributed by atoms with Gasteiger partial charge >= 0.3 is 0 Å². The van der Waals surface area contributed by atoms with Crippen LogP contribution >= 0.6 is 0 Å². The van der Waals surface area contributed by atoms with E-state index < -0.39 is 0 Å². The Bertz CT molecular complexity index is 442. The van der Waals surface area contributed by atoms with Gasteiger partial charge in [0, 0.05) is 17.6 Å². The Labute approximate surface area is 108 Å². The minimum absolute atomic E-state index is 0.0718. The molecular formula is C13H21N3O2. The Kier molecular flexibility index (Phi) is 4.29. The highest BCUT2D eigenvalue weighted by molar-refractivity contribution is 5.65. The van der Waals surface area contributed by atoms with Gasteiger partial charge in [-0.15, -0.1) is 0 Å². The van der Waals surface area contributed by atoms with Crippen LogP contribution in [0.5, 0.6) is 0 Å². The average Bonchev–Trinajstić information content (AvgIpc) is 2.25. The molecular weight excluding hydrogens is 230 g/mol. The molecule has 1 aromatic rings. The van der Waals surface area contributed by atoms with Gasteiger partial charge in [0.1, 0.15) is 5.69 Å². The molecule has 5 nitrogen and oxygen atoms in total. The number of hydrogen-bond donors (Lipinski definition) is 1. The van der Waals surface area contributed by atoms with Crippen molar-refractivity contribution in [2.45, 2.75) is 26.3 Å². The minimum atomic E-state index is -0.333. The highest BCUT2D eigenvalue weighted by Gasteiger charge is 2.22. The Morgan fingerprint density at radius 2 is 2.00 bits per heavy atom. The van der Waals surface area contributed by atoms with Crippen molar-refractivity contribution < 1.29 is 4.92 Å². The SMILES string of the molecule is Cc1cccc(NCC(C)(C)N(C)C)c1[N+](=O)[O-]. The van der Waals surface area contributed by atoms with Gasteiger partial charge in [-0.3, -0.25) is 10.1 Å². The number of rotatable bonds is 5. The maximum absolute atomic E-state index is 11.1. The number of nitro benzene ring substituents is 1. The molecule has 0 aliphatic rings. The van der Waals surface area contributed by atoms with E-state index in [0.29, 0.717) is 17.8 Å². The van der Waals surface area contributed by atoms with Gasteiger partial charge in [-0.2, -0.15) is 0 Å². The van der Waals surface area contributed by atoms with E-state index in [0.717, 1.165) is 0 Å². The molecule has 0 amide bonds. The fourth-order valence-corrected chi connectivity index (χ4v) is 1.51. The quantitative estimate of drug-likeness (QED) is 0.645. The lowest BCUT2D eigenvalue weighted by molar-refractivity contribution is -0.384. The van der Waals surface area contributed by atoms with E-state index in [2.05, 4.69) is 24.1 Å². The summed E-state index contributed by atoms with van der Waals surface area (Å²) >= 11 is 0. The lowest BCUT2D eigenvalue weighted by Gasteiger charge is -2.33. The summed E-state index contributed by atoms with van der Waals surface area (Å²) in [6.07, 6.45) is 0. The molecule has 0 aliphatic carbocycles. The van der Waals surface area contributed by atoms with Crippen molar-refractivity contribution in [2.24, 2.45) is 0 Å². The van der Waals surface area contributed by atoms with Crippen LogP contribution in [0, 0.1) is 17.0 Å². The minimum Gasteiger partial charge on any atom is -0.378 e. The number of hydrogen-bond acceptors (Lipinski definition) is 4. The van der Waals surface area contributed by atoms with Gasteiger partial charge in [0.2, 0.25) is 0 Å². The van der Waals surface area contributed by atoms with E-state index in [1.807, 2.05) is 20.2 Å². The second kappa shape index (κ2) is 5.35. The summed E-state index contributed by atoms with van der Waals surface area (Å²) < 4.78 is 0. The van der Waals surface area contributed by atoms with Crippen molar-refractivity contribution in [3.63, 3.8) is 0 Å². The molecule has 0 radical (unpaired) electrons. The molecule has 5 heteroatoms. The highest BCUT2D eigenvalue weighted by atomic mass is 16.6. The third-order valence-corrected chi connectivity index (χ3v) is 3.34. The summed E-state index contributed by atoms with van der Waals surface area (Å²) in [5, 5.41) is 14.2. The Morgan fingerprint density at radius 1 is 1.39 bits per heavy atom. The predicted molar refractivity (Wildman–Crippen MR) is 74.1 cm³/mol. The molecule has 0 aromatic heterocycles. The number of benzene rings is 1. The van der Waals surface area contributed by atoms with Crippen molar-refractivity contribution in [3.8, 4) is 0 Å². The fourth-order valence-electron chi connectivity index (χ4n) is 1.51. The molecule has 0 aliphatic heterocycles. The van der Waals surface area contributed by atoms with Crippen LogP contribution in [0.1, 0.15) is 19.4 Å². The first-order valence-corrected chi connectivity index (χ1v) is 5.91. The Morgan fingerprint density at radius 3 is 2.50 bits per heavy atom. The first kappa shape index (κ1) is 14.4. The zero-order chi connectivity index (χ0) is 13.9. The monoisotopic (exact) mass is 251 g/mol. The van der Waals surface area contributed by atoms with Gasteiger partial charge < -0.3 is 10.2 Å². The topological polar surface area (TPSA) is 58.4 Å². The van der Waals surface area contributed by atoms with E-state index >= 15 is 0 Å². The second-order valence-corrected chi connectivity index (χ2v) is 5.29. The molecule has 100 valence electrons. The third kappa shape index (κ3) is 3.20. The van der Waals surface area contributed by atoms with Crippen LogP contribution in [0.2, 0.25) is 0 Å². The lowest BCUT2D eigenvalue weighted by Crippen LogP contribution is -2.44. The number of nitrogens with one attached hydrogen (secondary N) is 1. The molecule has 1 aromatic carbocycles. The van der Waals surface area contributed by atoms with E-state index in [-0.39, 0.29) is 16.1 Å². The Hall–Kier alpha value is -1.62. The van der Waals surface area contributed by atoms with Gasteiger partial charge in [-0.25, -0.2) is 0 Å². The standard InChI is InChI=1S/C13H21N3O2/c1-10-7-6-8-11(12(10)16(17)18)14-9-13(2,3)15(4)5/h6-8,14H,9H2,1-5H3. The Balaban J connectivity index is 2.92. The summed E-state index contributed by atoms with van der Waals surface area (Å²) in [7, 11) is 3.98. The number of aryl methyl sites for hydroxylation is 1. The van der Waals surface area contributed by atoms with E-state index in [9.17, 15) is 10.1 Å². The second-order valence-electron chi connectivity index (χ2n) is 5.29. The van der Waals surface area contributed by atoms with E-state index in [1.54, 1.807) is 19.1 Å². The predicted octanol–water partition coefficient (Wildman–Crippen LogP) is 2.66. The molecule has 0 saturated carbocycles. The van der Waals surface area contributed by atoms with Crippen LogP contribution in [0.3, 0.4) is 0 Å². The maximum Gasteiger partial charge on any atom is 0.295 e. The zero-order valence-corrected chi connectivity index (χ0v) is 11.7. The summed E-state index contributed by atoms with van der Waals surface area (Å²) in [4.78, 5) is 12.8. The molecule has 1 rings (SSSR count). The summed E-state index contributed by atoms with van der Waals surface area (Å²) in [5.41, 5.74) is 1.34. The molecule has 1 N–H and O–H groups in total. The molecule has 0 heterocycles. The molecule has 0 atom stereocenters. The van der Waals surface area contributed by atoms with Crippen LogP contribution < -0.4 is 5.32 Å². The number of para-hydroxylation sites is 1. The van der Waals surface area contributed by atoms with Crippen molar-refractivity contribution in [2.75, 3.05) is 26.0 Å². The molecule has 0 bridgehead atoms. The number of nitro groups is 1. The summed E-state index contributed by atoms with van der Waals surface area (Å²) in [5.74, 6) is 0. The van der Waals surface area contributed by atoms with Crippen molar-refractivity contribution in [3.05, 3.63) is 33.9 Å². The van der Waals surface area contributed by atoms with Crippen molar-refractivity contribution >= 4 is 11.4 Å². The first-order valence-electron chi connectivity index (χ1n) is 5.91. The fraction of sp³-hybridized carbons (Fsp3) is 0.538. The number of anilines is 1. The van der Waals surface area contributed by atoms with Gasteiger partial charge in [0.15, 0.2) is 0 Å². The molecule has 0 saturated heterocycles. The van der Waals surface area contributed by atoms with Crippen LogP contribution in [0.15, 0.2) is 18.2 Å². The number of nitrogens with zero attached hydrogens (tertiary/aromatic N) is 2. The average molecular weight is 251 g/mol. The highest BCUT2D eigenvalue weighted by Crippen LogP contribution is 2.28. The smallest absolute Gasteiger partial charge is 0.295 e. The van der Waals surface area contributed by atoms with Gasteiger partial charge in [0.25, 0.3) is 5.69 Å². The molecule has 18 heavy (non-hydrogen) atoms. The van der Waals surface area contributed by atoms with Crippen molar-refractivity contribution in [1.29, 1.82) is 0 Å². The summed E-state index contributed by atoms with van der Waals surface area (Å²) in [6.45, 7) is 6.56. The van der Waals surface area contributed by atoms with Crippen LogP contribution in [0.25, 0.3) is 0 Å². The maximum atomic E-state index is 11.1. The zero-order valence-electron chi connectivity index (χ0n) is 11.7. The number of likely N-dealkylation sites (N-methyl/N-ethyl adjacent to an activating group) is 1. The van der Waals surface area contributed by atoms with Crippen LogP contribution in [0.4, 0.5) is 11.4 Å². The van der Waals surface area contributed by atoms with Crippen molar-refractivity contribution in [1.82, 2.24) is 4.90 Å². The van der Waals surface area contributed by atoms with Crippen LogP contribution in [-0.4, -0.2) is 36.0 Å². The third-order valence-electron chi connectivity index (χ3n) is 3.34. The van der Waals surface area contributed by atoms with Crippen LogP contribution in [-0.2, 0) is 0 Å². The largest absolute Gasteiger partial charge is 0.378 e. The molecule has 0 unspecified atom stereocenters. The van der Waals surface area contributed by atoms with E-state index in [4.69, 9.17) is 0 Å².